The van der Waals surface area contributed by atoms with Crippen molar-refractivity contribution < 1.29 is 4.79 Å². The van der Waals surface area contributed by atoms with Crippen molar-refractivity contribution in [2.45, 2.75) is 26.3 Å². The number of imidazole rings is 1. The summed E-state index contributed by atoms with van der Waals surface area (Å²) in [6, 6.07) is 8.23. The lowest BCUT2D eigenvalue weighted by Gasteiger charge is -2.34. The van der Waals surface area contributed by atoms with E-state index in [0.717, 1.165) is 49.1 Å². The first-order chi connectivity index (χ1) is 12.7. The van der Waals surface area contributed by atoms with Crippen molar-refractivity contribution in [2.24, 2.45) is 0 Å². The van der Waals surface area contributed by atoms with Crippen LogP contribution in [0.5, 0.6) is 0 Å². The minimum absolute atomic E-state index is 0.227. The van der Waals surface area contributed by atoms with Gasteiger partial charge in [0.1, 0.15) is 5.82 Å². The van der Waals surface area contributed by atoms with E-state index in [1.807, 2.05) is 23.2 Å². The summed E-state index contributed by atoms with van der Waals surface area (Å²) in [5, 5.41) is 1.06. The van der Waals surface area contributed by atoms with Crippen LogP contribution in [-0.4, -0.2) is 51.5 Å². The molecule has 0 N–H and O–H groups in total. The molecule has 136 valence electrons. The first-order valence-electron chi connectivity index (χ1n) is 9.13. The van der Waals surface area contributed by atoms with Gasteiger partial charge in [-0.2, -0.15) is 0 Å². The Balaban J connectivity index is 1.32. The molecule has 4 rings (SSSR count). The SMILES string of the molecule is CCc1nccn1CCC(=O)N1CCN(c2nc3ccccc3s2)CC1. The highest BCUT2D eigenvalue weighted by Gasteiger charge is 2.23. The van der Waals surface area contributed by atoms with Gasteiger partial charge in [0.2, 0.25) is 5.91 Å². The minimum atomic E-state index is 0.227. The number of nitrogens with zero attached hydrogens (tertiary/aromatic N) is 5. The smallest absolute Gasteiger partial charge is 0.224 e. The highest BCUT2D eigenvalue weighted by Crippen LogP contribution is 2.29. The predicted molar refractivity (Wildman–Crippen MR) is 105 cm³/mol. The number of rotatable bonds is 5. The maximum atomic E-state index is 12.5. The monoisotopic (exact) mass is 369 g/mol. The zero-order valence-corrected chi connectivity index (χ0v) is 15.8. The first kappa shape index (κ1) is 17.0. The number of para-hydroxylation sites is 1. The van der Waals surface area contributed by atoms with Gasteiger partial charge in [-0.1, -0.05) is 30.4 Å². The lowest BCUT2D eigenvalue weighted by molar-refractivity contribution is -0.131. The number of thiazole rings is 1. The third-order valence-corrected chi connectivity index (χ3v) is 5.97. The van der Waals surface area contributed by atoms with E-state index < -0.39 is 0 Å². The Morgan fingerprint density at radius 3 is 2.77 bits per heavy atom. The molecular formula is C19H23N5OS. The number of hydrogen-bond donors (Lipinski definition) is 0. The lowest BCUT2D eigenvalue weighted by Crippen LogP contribution is -2.48. The second-order valence-corrected chi connectivity index (χ2v) is 7.48. The fraction of sp³-hybridized carbons (Fsp3) is 0.421. The summed E-state index contributed by atoms with van der Waals surface area (Å²) in [7, 11) is 0. The van der Waals surface area contributed by atoms with Crippen molar-refractivity contribution in [2.75, 3.05) is 31.1 Å². The molecule has 0 unspecified atom stereocenters. The molecule has 0 bridgehead atoms. The molecule has 0 saturated carbocycles. The number of aryl methyl sites for hydroxylation is 2. The van der Waals surface area contributed by atoms with E-state index in [1.54, 1.807) is 17.5 Å². The van der Waals surface area contributed by atoms with E-state index in [2.05, 4.69) is 33.5 Å². The van der Waals surface area contributed by atoms with Crippen LogP contribution in [0.2, 0.25) is 0 Å². The van der Waals surface area contributed by atoms with Crippen molar-refractivity contribution in [3.63, 3.8) is 0 Å². The van der Waals surface area contributed by atoms with Gasteiger partial charge in [0.15, 0.2) is 5.13 Å². The molecule has 3 aromatic rings. The predicted octanol–water partition coefficient (Wildman–Crippen LogP) is 2.79. The maximum Gasteiger partial charge on any atom is 0.224 e. The van der Waals surface area contributed by atoms with Crippen LogP contribution < -0.4 is 4.90 Å². The zero-order chi connectivity index (χ0) is 17.9. The molecule has 3 heterocycles. The van der Waals surface area contributed by atoms with Gasteiger partial charge in [-0.15, -0.1) is 0 Å². The van der Waals surface area contributed by atoms with Gasteiger partial charge in [-0.3, -0.25) is 4.79 Å². The number of carbonyl (C=O) groups excluding carboxylic acids is 1. The van der Waals surface area contributed by atoms with Gasteiger partial charge in [-0.05, 0) is 12.1 Å². The Morgan fingerprint density at radius 2 is 2.00 bits per heavy atom. The molecule has 1 fully saturated rings. The van der Waals surface area contributed by atoms with Gasteiger partial charge in [-0.25, -0.2) is 9.97 Å². The Morgan fingerprint density at radius 1 is 1.19 bits per heavy atom. The highest BCUT2D eigenvalue weighted by atomic mass is 32.1. The molecule has 1 aliphatic rings. The van der Waals surface area contributed by atoms with E-state index >= 15 is 0 Å². The van der Waals surface area contributed by atoms with Gasteiger partial charge in [0.05, 0.1) is 10.2 Å². The topological polar surface area (TPSA) is 54.3 Å². The normalized spacial score (nSPS) is 15.0. The van der Waals surface area contributed by atoms with Crippen LogP contribution in [0.15, 0.2) is 36.7 Å². The molecule has 1 saturated heterocycles. The second-order valence-electron chi connectivity index (χ2n) is 6.47. The fourth-order valence-corrected chi connectivity index (χ4v) is 4.39. The molecule has 7 heteroatoms. The van der Waals surface area contributed by atoms with Crippen LogP contribution in [0.1, 0.15) is 19.2 Å². The van der Waals surface area contributed by atoms with Gasteiger partial charge in [0, 0.05) is 58.0 Å². The fourth-order valence-electron chi connectivity index (χ4n) is 3.37. The summed E-state index contributed by atoms with van der Waals surface area (Å²) in [4.78, 5) is 25.8. The molecule has 6 nitrogen and oxygen atoms in total. The standard InChI is InChI=1S/C19H23N5OS/c1-2-17-20-8-10-22(17)9-7-18(25)23-11-13-24(14-12-23)19-21-15-5-3-4-6-16(15)26-19/h3-6,8,10H,2,7,9,11-14H2,1H3. The molecule has 1 amide bonds. The van der Waals surface area contributed by atoms with Gasteiger partial charge >= 0.3 is 0 Å². The molecule has 1 aromatic carbocycles. The number of piperazine rings is 1. The average molecular weight is 369 g/mol. The van der Waals surface area contributed by atoms with Crippen molar-refractivity contribution in [3.05, 3.63) is 42.5 Å². The quantitative estimate of drug-likeness (QED) is 0.694. The molecule has 0 aliphatic carbocycles. The summed E-state index contributed by atoms with van der Waals surface area (Å²) >= 11 is 1.73. The number of amides is 1. The van der Waals surface area contributed by atoms with E-state index in [0.29, 0.717) is 13.0 Å². The van der Waals surface area contributed by atoms with E-state index in [-0.39, 0.29) is 5.91 Å². The summed E-state index contributed by atoms with van der Waals surface area (Å²) in [6.07, 6.45) is 5.18. The highest BCUT2D eigenvalue weighted by molar-refractivity contribution is 7.22. The van der Waals surface area contributed by atoms with Crippen LogP contribution in [-0.2, 0) is 17.8 Å². The second kappa shape index (κ2) is 7.45. The molecule has 0 atom stereocenters. The Bertz CT molecular complexity index is 861. The zero-order valence-electron chi connectivity index (χ0n) is 15.0. The van der Waals surface area contributed by atoms with Crippen molar-refractivity contribution in [1.29, 1.82) is 0 Å². The minimum Gasteiger partial charge on any atom is -0.345 e. The molecule has 0 spiro atoms. The largest absolute Gasteiger partial charge is 0.345 e. The Labute approximate surface area is 157 Å². The van der Waals surface area contributed by atoms with Crippen LogP contribution >= 0.6 is 11.3 Å². The van der Waals surface area contributed by atoms with Crippen molar-refractivity contribution >= 4 is 32.6 Å². The summed E-state index contributed by atoms with van der Waals surface area (Å²) in [5.74, 6) is 1.27. The van der Waals surface area contributed by atoms with E-state index in [1.165, 1.54) is 4.70 Å². The number of anilines is 1. The average Bonchev–Trinajstić information content (AvgIpc) is 3.32. The number of carbonyl (C=O) groups is 1. The van der Waals surface area contributed by atoms with Gasteiger partial charge in [0.25, 0.3) is 0 Å². The molecule has 2 aromatic heterocycles. The van der Waals surface area contributed by atoms with E-state index in [9.17, 15) is 4.79 Å². The molecule has 1 aliphatic heterocycles. The Hall–Kier alpha value is -2.41. The van der Waals surface area contributed by atoms with Crippen LogP contribution in [0, 0.1) is 0 Å². The first-order valence-corrected chi connectivity index (χ1v) is 9.94. The number of benzene rings is 1. The molecular weight excluding hydrogens is 346 g/mol. The summed E-state index contributed by atoms with van der Waals surface area (Å²) < 4.78 is 3.29. The van der Waals surface area contributed by atoms with E-state index in [4.69, 9.17) is 4.98 Å². The number of fused-ring (bicyclic) bond motifs is 1. The molecule has 26 heavy (non-hydrogen) atoms. The number of hydrogen-bond acceptors (Lipinski definition) is 5. The molecule has 0 radical (unpaired) electrons. The third-order valence-electron chi connectivity index (χ3n) is 4.87. The summed E-state index contributed by atoms with van der Waals surface area (Å²) in [6.45, 7) is 6.01. The number of aromatic nitrogens is 3. The summed E-state index contributed by atoms with van der Waals surface area (Å²) in [5.41, 5.74) is 1.05. The van der Waals surface area contributed by atoms with Crippen molar-refractivity contribution in [3.8, 4) is 0 Å². The van der Waals surface area contributed by atoms with Crippen molar-refractivity contribution in [1.82, 2.24) is 19.4 Å². The Kier molecular flexibility index (Phi) is 4.88. The van der Waals surface area contributed by atoms with Gasteiger partial charge < -0.3 is 14.4 Å². The third kappa shape index (κ3) is 3.44. The lowest BCUT2D eigenvalue weighted by atomic mass is 10.3. The van der Waals surface area contributed by atoms with Crippen LogP contribution in [0.4, 0.5) is 5.13 Å². The van der Waals surface area contributed by atoms with Crippen LogP contribution in [0.25, 0.3) is 10.2 Å². The van der Waals surface area contributed by atoms with Crippen LogP contribution in [0.3, 0.4) is 0 Å². The maximum absolute atomic E-state index is 12.5.